The molecule has 0 fully saturated rings. The number of amides is 2. The van der Waals surface area contributed by atoms with Crippen LogP contribution in [0.1, 0.15) is 12.0 Å². The molecule has 2 amide bonds. The fourth-order valence-corrected chi connectivity index (χ4v) is 1.57. The third-order valence-corrected chi connectivity index (χ3v) is 2.59. The summed E-state index contributed by atoms with van der Waals surface area (Å²) in [5.74, 6) is -1.22. The van der Waals surface area contributed by atoms with Crippen LogP contribution in [-0.4, -0.2) is 31.5 Å². The molecule has 5 heteroatoms. The Morgan fingerprint density at radius 3 is 2.40 bits per heavy atom. The molecule has 20 heavy (non-hydrogen) atoms. The Kier molecular flexibility index (Phi) is 7.57. The van der Waals surface area contributed by atoms with E-state index in [0.717, 1.165) is 5.56 Å². The highest BCUT2D eigenvalue weighted by molar-refractivity contribution is 6.35. The average molecular weight is 276 g/mol. The quantitative estimate of drug-likeness (QED) is 0.423. The summed E-state index contributed by atoms with van der Waals surface area (Å²) < 4.78 is 4.90. The lowest BCUT2D eigenvalue weighted by molar-refractivity contribution is -0.139. The summed E-state index contributed by atoms with van der Waals surface area (Å²) in [5.41, 5.74) is 1.12. The van der Waals surface area contributed by atoms with Gasteiger partial charge in [-0.3, -0.25) is 9.59 Å². The molecule has 108 valence electrons. The molecule has 0 saturated heterocycles. The fraction of sp³-hybridized carbons (Fsp3) is 0.333. The first-order valence-electron chi connectivity index (χ1n) is 6.56. The molecule has 2 N–H and O–H groups in total. The van der Waals surface area contributed by atoms with Crippen LogP contribution in [0.5, 0.6) is 0 Å². The molecule has 1 aromatic rings. The number of hydrogen-bond donors (Lipinski definition) is 2. The maximum atomic E-state index is 11.5. The number of ether oxygens (including phenoxy) is 1. The SMILES string of the molecule is C=COCCCNC(=O)C(=O)NCCc1ccccc1. The molecule has 0 bridgehead atoms. The van der Waals surface area contributed by atoms with Gasteiger partial charge in [-0.1, -0.05) is 36.9 Å². The van der Waals surface area contributed by atoms with Gasteiger partial charge in [0.2, 0.25) is 0 Å². The second-order valence-electron chi connectivity index (χ2n) is 4.14. The maximum absolute atomic E-state index is 11.5. The van der Waals surface area contributed by atoms with E-state index in [1.54, 1.807) is 0 Å². The van der Waals surface area contributed by atoms with Crippen molar-refractivity contribution in [3.63, 3.8) is 0 Å². The molecular weight excluding hydrogens is 256 g/mol. The predicted molar refractivity (Wildman–Crippen MR) is 76.9 cm³/mol. The van der Waals surface area contributed by atoms with Crippen LogP contribution in [0.3, 0.4) is 0 Å². The van der Waals surface area contributed by atoms with Crippen LogP contribution >= 0.6 is 0 Å². The second-order valence-corrected chi connectivity index (χ2v) is 4.14. The standard InChI is InChI=1S/C15H20N2O3/c1-2-20-12-6-10-16-14(18)15(19)17-11-9-13-7-4-3-5-8-13/h2-5,7-8H,1,6,9-12H2,(H,16,18)(H,17,19). The Morgan fingerprint density at radius 1 is 1.10 bits per heavy atom. The van der Waals surface area contributed by atoms with Gasteiger partial charge >= 0.3 is 11.8 Å². The van der Waals surface area contributed by atoms with Gasteiger partial charge in [-0.15, -0.1) is 0 Å². The number of hydrogen-bond acceptors (Lipinski definition) is 3. The van der Waals surface area contributed by atoms with Crippen LogP contribution in [0, 0.1) is 0 Å². The van der Waals surface area contributed by atoms with Crippen LogP contribution < -0.4 is 10.6 Å². The Hall–Kier alpha value is -2.30. The molecule has 0 spiro atoms. The second kappa shape index (κ2) is 9.61. The van der Waals surface area contributed by atoms with Crippen molar-refractivity contribution >= 4 is 11.8 Å². The maximum Gasteiger partial charge on any atom is 0.309 e. The monoisotopic (exact) mass is 276 g/mol. The number of carbonyl (C=O) groups is 2. The Bertz CT molecular complexity index is 432. The third kappa shape index (κ3) is 6.58. The van der Waals surface area contributed by atoms with E-state index in [2.05, 4.69) is 17.2 Å². The molecule has 0 aliphatic heterocycles. The zero-order valence-corrected chi connectivity index (χ0v) is 11.4. The van der Waals surface area contributed by atoms with Crippen LogP contribution in [-0.2, 0) is 20.7 Å². The highest BCUT2D eigenvalue weighted by Crippen LogP contribution is 1.97. The van der Waals surface area contributed by atoms with Crippen molar-refractivity contribution in [1.29, 1.82) is 0 Å². The van der Waals surface area contributed by atoms with Crippen molar-refractivity contribution in [1.82, 2.24) is 10.6 Å². The molecule has 0 unspecified atom stereocenters. The summed E-state index contributed by atoms with van der Waals surface area (Å²) in [6.07, 6.45) is 2.68. The molecule has 1 rings (SSSR count). The van der Waals surface area contributed by atoms with Crippen molar-refractivity contribution in [2.75, 3.05) is 19.7 Å². The number of nitrogens with one attached hydrogen (secondary N) is 2. The minimum absolute atomic E-state index is 0.402. The molecule has 0 radical (unpaired) electrons. The van der Waals surface area contributed by atoms with Gasteiger partial charge in [0.1, 0.15) is 0 Å². The molecular formula is C15H20N2O3. The van der Waals surface area contributed by atoms with E-state index in [1.807, 2.05) is 30.3 Å². The van der Waals surface area contributed by atoms with Crippen molar-refractivity contribution < 1.29 is 14.3 Å². The fourth-order valence-electron chi connectivity index (χ4n) is 1.57. The molecule has 0 atom stereocenters. The van der Waals surface area contributed by atoms with E-state index in [1.165, 1.54) is 6.26 Å². The molecule has 0 heterocycles. The Morgan fingerprint density at radius 2 is 1.75 bits per heavy atom. The van der Waals surface area contributed by atoms with Crippen LogP contribution in [0.25, 0.3) is 0 Å². The lowest BCUT2D eigenvalue weighted by Crippen LogP contribution is -2.41. The van der Waals surface area contributed by atoms with Crippen molar-refractivity contribution in [3.8, 4) is 0 Å². The van der Waals surface area contributed by atoms with E-state index in [4.69, 9.17) is 4.74 Å². The first-order chi connectivity index (χ1) is 9.74. The van der Waals surface area contributed by atoms with Gasteiger partial charge in [0.05, 0.1) is 12.9 Å². The molecule has 5 nitrogen and oxygen atoms in total. The minimum Gasteiger partial charge on any atom is -0.502 e. The largest absolute Gasteiger partial charge is 0.502 e. The van der Waals surface area contributed by atoms with E-state index in [0.29, 0.717) is 32.5 Å². The summed E-state index contributed by atoms with van der Waals surface area (Å²) >= 11 is 0. The highest BCUT2D eigenvalue weighted by Gasteiger charge is 2.11. The van der Waals surface area contributed by atoms with Gasteiger partial charge in [0, 0.05) is 13.1 Å². The summed E-state index contributed by atoms with van der Waals surface area (Å²) in [7, 11) is 0. The van der Waals surface area contributed by atoms with E-state index >= 15 is 0 Å². The van der Waals surface area contributed by atoms with E-state index in [-0.39, 0.29) is 0 Å². The zero-order chi connectivity index (χ0) is 14.6. The summed E-state index contributed by atoms with van der Waals surface area (Å²) in [6, 6.07) is 9.77. The summed E-state index contributed by atoms with van der Waals surface area (Å²) in [5, 5.41) is 5.11. The lowest BCUT2D eigenvalue weighted by Gasteiger charge is -2.06. The predicted octanol–water partition coefficient (Wildman–Crippen LogP) is 1.01. The molecule has 0 aromatic heterocycles. The summed E-state index contributed by atoms with van der Waals surface area (Å²) in [6.45, 7) is 4.72. The van der Waals surface area contributed by atoms with Gasteiger partial charge in [-0.05, 0) is 18.4 Å². The Balaban J connectivity index is 2.12. The first-order valence-corrected chi connectivity index (χ1v) is 6.56. The van der Waals surface area contributed by atoms with E-state index in [9.17, 15) is 9.59 Å². The molecule has 1 aromatic carbocycles. The number of rotatable bonds is 8. The van der Waals surface area contributed by atoms with Gasteiger partial charge < -0.3 is 15.4 Å². The van der Waals surface area contributed by atoms with Crippen LogP contribution in [0.15, 0.2) is 43.2 Å². The number of benzene rings is 1. The molecule has 0 aliphatic rings. The van der Waals surface area contributed by atoms with Crippen LogP contribution in [0.4, 0.5) is 0 Å². The van der Waals surface area contributed by atoms with E-state index < -0.39 is 11.8 Å². The van der Waals surface area contributed by atoms with Gasteiger partial charge in [-0.2, -0.15) is 0 Å². The smallest absolute Gasteiger partial charge is 0.309 e. The molecule has 0 saturated carbocycles. The average Bonchev–Trinajstić information content (AvgIpc) is 2.47. The van der Waals surface area contributed by atoms with Crippen LogP contribution in [0.2, 0.25) is 0 Å². The van der Waals surface area contributed by atoms with Gasteiger partial charge in [-0.25, -0.2) is 0 Å². The zero-order valence-electron chi connectivity index (χ0n) is 11.4. The summed E-state index contributed by atoms with van der Waals surface area (Å²) in [4.78, 5) is 22.9. The van der Waals surface area contributed by atoms with Crippen molar-refractivity contribution in [2.45, 2.75) is 12.8 Å². The van der Waals surface area contributed by atoms with Crippen molar-refractivity contribution in [3.05, 3.63) is 48.7 Å². The third-order valence-electron chi connectivity index (χ3n) is 2.59. The minimum atomic E-state index is -0.614. The van der Waals surface area contributed by atoms with Gasteiger partial charge in [0.25, 0.3) is 0 Å². The van der Waals surface area contributed by atoms with Crippen molar-refractivity contribution in [2.24, 2.45) is 0 Å². The van der Waals surface area contributed by atoms with Gasteiger partial charge in [0.15, 0.2) is 0 Å². The lowest BCUT2D eigenvalue weighted by atomic mass is 10.1. The Labute approximate surface area is 119 Å². The number of carbonyl (C=O) groups excluding carboxylic acids is 2. The normalized spacial score (nSPS) is 9.60. The topological polar surface area (TPSA) is 67.4 Å². The highest BCUT2D eigenvalue weighted by atomic mass is 16.5. The first kappa shape index (κ1) is 15.8. The molecule has 0 aliphatic carbocycles.